The number of benzene rings is 3. The van der Waals surface area contributed by atoms with Gasteiger partial charge in [-0.3, -0.25) is 24.0 Å². The summed E-state index contributed by atoms with van der Waals surface area (Å²) in [4.78, 5) is 40.2. The Kier molecular flexibility index (Phi) is 10.9. The summed E-state index contributed by atoms with van der Waals surface area (Å²) in [6.45, 7) is 4.72. The first-order chi connectivity index (χ1) is 20.1. The minimum Gasteiger partial charge on any atom is -0.495 e. The summed E-state index contributed by atoms with van der Waals surface area (Å²) in [7, 11) is -2.87. The van der Waals surface area contributed by atoms with Crippen molar-refractivity contribution in [2.24, 2.45) is 0 Å². The van der Waals surface area contributed by atoms with Gasteiger partial charge in [-0.15, -0.1) is 0 Å². The number of ether oxygens (including phenoxy) is 1. The molecule has 0 bridgehead atoms. The Morgan fingerprint density at radius 1 is 1.02 bits per heavy atom. The van der Waals surface area contributed by atoms with Crippen molar-refractivity contribution in [1.82, 2.24) is 10.2 Å². The van der Waals surface area contributed by atoms with Crippen LogP contribution in [0, 0.1) is 10.1 Å². The average Bonchev–Trinajstić information content (AvgIpc) is 2.92. The molecule has 0 saturated heterocycles. The average molecular weight is 676 g/mol. The van der Waals surface area contributed by atoms with Crippen molar-refractivity contribution in [3.05, 3.63) is 98.5 Å². The van der Waals surface area contributed by atoms with Crippen LogP contribution in [-0.2, 0) is 32.6 Å². The van der Waals surface area contributed by atoms with Gasteiger partial charge in [0.1, 0.15) is 24.0 Å². The van der Waals surface area contributed by atoms with Gasteiger partial charge in [0, 0.05) is 35.1 Å². The van der Waals surface area contributed by atoms with Gasteiger partial charge in [0.15, 0.2) is 0 Å². The number of hydrogen-bond acceptors (Lipinski definition) is 7. The van der Waals surface area contributed by atoms with Crippen LogP contribution in [0.2, 0.25) is 0 Å². The smallest absolute Gasteiger partial charge is 0.271 e. The molecule has 13 heteroatoms. The Hall–Kier alpha value is -3.97. The number of nitrogens with zero attached hydrogens (tertiary/aromatic N) is 3. The fraction of sp³-hybridized carbons (Fsp3) is 0.333. The minimum absolute atomic E-state index is 0.0169. The van der Waals surface area contributed by atoms with E-state index in [0.717, 1.165) is 26.7 Å². The summed E-state index contributed by atoms with van der Waals surface area (Å²) >= 11 is 3.44. The van der Waals surface area contributed by atoms with Crippen molar-refractivity contribution < 1.29 is 27.7 Å². The maximum Gasteiger partial charge on any atom is 0.271 e. The summed E-state index contributed by atoms with van der Waals surface area (Å²) < 4.78 is 33.0. The Labute approximate surface area is 260 Å². The zero-order valence-corrected chi connectivity index (χ0v) is 27.0. The van der Waals surface area contributed by atoms with Crippen LogP contribution in [-0.4, -0.2) is 61.5 Å². The molecule has 0 aliphatic rings. The monoisotopic (exact) mass is 674 g/mol. The number of halogens is 1. The molecule has 3 rings (SSSR count). The van der Waals surface area contributed by atoms with Crippen LogP contribution in [0.1, 0.15) is 31.9 Å². The van der Waals surface area contributed by atoms with Gasteiger partial charge in [0.2, 0.25) is 21.8 Å². The van der Waals surface area contributed by atoms with Crippen molar-refractivity contribution in [3.8, 4) is 5.75 Å². The van der Waals surface area contributed by atoms with E-state index in [1.54, 1.807) is 18.2 Å². The number of nitro groups is 1. The SMILES string of the molecule is COc1ccc([N+](=O)[O-])cc1N(CC(=O)N(Cc1cccc(Br)c1)[C@H](Cc1ccccc1)C(=O)NC(C)(C)C)S(C)(=O)=O. The first-order valence-corrected chi connectivity index (χ1v) is 15.9. The molecule has 43 heavy (non-hydrogen) atoms. The molecule has 3 aromatic carbocycles. The molecule has 0 aliphatic heterocycles. The van der Waals surface area contributed by atoms with Crippen LogP contribution in [0.5, 0.6) is 5.75 Å². The third-order valence-electron chi connectivity index (χ3n) is 6.33. The lowest BCUT2D eigenvalue weighted by Gasteiger charge is -2.35. The first kappa shape index (κ1) is 33.5. The maximum absolute atomic E-state index is 14.2. The third-order valence-corrected chi connectivity index (χ3v) is 7.95. The Morgan fingerprint density at radius 2 is 1.67 bits per heavy atom. The van der Waals surface area contributed by atoms with Gasteiger partial charge in [0.25, 0.3) is 5.69 Å². The highest BCUT2D eigenvalue weighted by molar-refractivity contribution is 9.10. The summed E-state index contributed by atoms with van der Waals surface area (Å²) in [5.41, 5.74) is 0.321. The van der Waals surface area contributed by atoms with Crippen molar-refractivity contribution in [2.45, 2.75) is 45.3 Å². The Bertz CT molecular complexity index is 1580. The summed E-state index contributed by atoms with van der Waals surface area (Å²) in [6.07, 6.45) is 1.05. The number of carbonyl (C=O) groups is 2. The second-order valence-corrected chi connectivity index (χ2v) is 13.8. The fourth-order valence-corrected chi connectivity index (χ4v) is 5.71. The van der Waals surface area contributed by atoms with Gasteiger partial charge in [0.05, 0.1) is 18.3 Å². The zero-order chi connectivity index (χ0) is 31.9. The van der Waals surface area contributed by atoms with Crippen LogP contribution in [0.15, 0.2) is 77.3 Å². The maximum atomic E-state index is 14.2. The van der Waals surface area contributed by atoms with Gasteiger partial charge >= 0.3 is 0 Å². The van der Waals surface area contributed by atoms with Gasteiger partial charge in [-0.05, 0) is 50.1 Å². The zero-order valence-electron chi connectivity index (χ0n) is 24.6. The van der Waals surface area contributed by atoms with Crippen molar-refractivity contribution >= 4 is 49.1 Å². The van der Waals surface area contributed by atoms with Gasteiger partial charge in [-0.25, -0.2) is 8.42 Å². The molecule has 1 N–H and O–H groups in total. The summed E-state index contributed by atoms with van der Waals surface area (Å²) in [6, 6.07) is 18.9. The minimum atomic E-state index is -4.16. The van der Waals surface area contributed by atoms with Crippen LogP contribution in [0.25, 0.3) is 0 Å². The molecule has 1 atom stereocenters. The van der Waals surface area contributed by atoms with E-state index in [4.69, 9.17) is 4.74 Å². The molecule has 230 valence electrons. The molecule has 0 unspecified atom stereocenters. The Balaban J connectivity index is 2.15. The van der Waals surface area contributed by atoms with Crippen LogP contribution >= 0.6 is 15.9 Å². The molecular weight excluding hydrogens is 640 g/mol. The quantitative estimate of drug-likeness (QED) is 0.217. The molecule has 0 fully saturated rings. The highest BCUT2D eigenvalue weighted by atomic mass is 79.9. The lowest BCUT2D eigenvalue weighted by molar-refractivity contribution is -0.384. The number of hydrogen-bond donors (Lipinski definition) is 1. The molecule has 2 amide bonds. The molecule has 0 heterocycles. The lowest BCUT2D eigenvalue weighted by Crippen LogP contribution is -2.56. The van der Waals surface area contributed by atoms with Crippen LogP contribution in [0.4, 0.5) is 11.4 Å². The van der Waals surface area contributed by atoms with Gasteiger partial charge in [-0.1, -0.05) is 58.4 Å². The van der Waals surface area contributed by atoms with E-state index in [-0.39, 0.29) is 30.1 Å². The van der Waals surface area contributed by atoms with Gasteiger partial charge in [-0.2, -0.15) is 0 Å². The van der Waals surface area contributed by atoms with E-state index >= 15 is 0 Å². The largest absolute Gasteiger partial charge is 0.495 e. The second-order valence-electron chi connectivity index (χ2n) is 11.0. The topological polar surface area (TPSA) is 139 Å². The number of nitro benzene ring substituents is 1. The van der Waals surface area contributed by atoms with E-state index in [2.05, 4.69) is 21.2 Å². The normalized spacial score (nSPS) is 12.2. The first-order valence-electron chi connectivity index (χ1n) is 13.3. The number of rotatable bonds is 12. The number of amides is 2. The van der Waals surface area contributed by atoms with E-state index in [0.29, 0.717) is 5.56 Å². The van der Waals surface area contributed by atoms with Crippen LogP contribution in [0.3, 0.4) is 0 Å². The summed E-state index contributed by atoms with van der Waals surface area (Å²) in [5.74, 6) is -1.09. The van der Waals surface area contributed by atoms with Crippen molar-refractivity contribution in [3.63, 3.8) is 0 Å². The van der Waals surface area contributed by atoms with Gasteiger partial charge < -0.3 is 15.0 Å². The number of anilines is 1. The molecule has 0 radical (unpaired) electrons. The van der Waals surface area contributed by atoms with Crippen molar-refractivity contribution in [2.75, 3.05) is 24.2 Å². The third kappa shape index (κ3) is 9.52. The van der Waals surface area contributed by atoms with Crippen LogP contribution < -0.4 is 14.4 Å². The number of carbonyl (C=O) groups excluding carboxylic acids is 2. The van der Waals surface area contributed by atoms with E-state index in [9.17, 15) is 28.1 Å². The predicted octanol–water partition coefficient (Wildman–Crippen LogP) is 4.69. The number of non-ortho nitro benzene ring substituents is 1. The highest BCUT2D eigenvalue weighted by Gasteiger charge is 2.35. The van der Waals surface area contributed by atoms with E-state index < -0.39 is 44.9 Å². The molecule has 11 nitrogen and oxygen atoms in total. The predicted molar refractivity (Wildman–Crippen MR) is 168 cm³/mol. The highest BCUT2D eigenvalue weighted by Crippen LogP contribution is 2.34. The molecular formula is C30H35BrN4O7S. The van der Waals surface area contributed by atoms with Crippen molar-refractivity contribution in [1.29, 1.82) is 0 Å². The molecule has 0 saturated carbocycles. The molecule has 0 aromatic heterocycles. The second kappa shape index (κ2) is 14.0. The molecule has 0 spiro atoms. The van der Waals surface area contributed by atoms with E-state index in [1.165, 1.54) is 24.1 Å². The standard InChI is InChI=1S/C30H35BrN4O7S/c1-30(2,3)32-29(37)26(17-21-10-7-6-8-11-21)33(19-22-12-9-13-23(31)16-22)28(36)20-34(43(5,40)41)25-18-24(35(38)39)14-15-27(25)42-4/h6-16,18,26H,17,19-20H2,1-5H3,(H,32,37)/t26-/m1/s1. The molecule has 0 aliphatic carbocycles. The number of sulfonamides is 1. The summed E-state index contributed by atoms with van der Waals surface area (Å²) in [5, 5.41) is 14.5. The molecule has 3 aromatic rings. The van der Waals surface area contributed by atoms with E-state index in [1.807, 2.05) is 57.2 Å². The lowest BCUT2D eigenvalue weighted by atomic mass is 10.0. The fourth-order valence-electron chi connectivity index (χ4n) is 4.42. The Morgan fingerprint density at radius 3 is 2.23 bits per heavy atom. The number of methoxy groups -OCH3 is 1. The number of nitrogens with one attached hydrogen (secondary N) is 1.